The molecule has 3 heterocycles. The predicted octanol–water partition coefficient (Wildman–Crippen LogP) is 5.06. The first-order valence-electron chi connectivity index (χ1n) is 10.8. The van der Waals surface area contributed by atoms with Crippen LogP contribution in [0.15, 0.2) is 24.4 Å². The van der Waals surface area contributed by atoms with Gasteiger partial charge < -0.3 is 15.8 Å². The van der Waals surface area contributed by atoms with Crippen LogP contribution in [0.3, 0.4) is 0 Å². The third kappa shape index (κ3) is 4.59. The number of fused-ring (bicyclic) bond motifs is 3. The number of carbonyl (C=O) groups excluding carboxylic acids is 1. The summed E-state index contributed by atoms with van der Waals surface area (Å²) in [5, 5.41) is 3.21. The largest absolute Gasteiger partial charge is 0.444 e. The van der Waals surface area contributed by atoms with Crippen molar-refractivity contribution in [1.82, 2.24) is 19.3 Å². The van der Waals surface area contributed by atoms with Crippen LogP contribution in [0.25, 0.3) is 5.78 Å². The molecule has 0 fully saturated rings. The number of hydrogen-bond acceptors (Lipinski definition) is 6. The molecule has 0 bridgehead atoms. The van der Waals surface area contributed by atoms with Crippen LogP contribution < -0.4 is 11.1 Å². The van der Waals surface area contributed by atoms with E-state index < -0.39 is 29.5 Å². The average Bonchev–Trinajstić information content (AvgIpc) is 3.29. The second-order valence-electron chi connectivity index (χ2n) is 9.51. The van der Waals surface area contributed by atoms with Crippen molar-refractivity contribution >= 4 is 23.4 Å². The minimum Gasteiger partial charge on any atom is -0.444 e. The van der Waals surface area contributed by atoms with Gasteiger partial charge in [0.15, 0.2) is 0 Å². The van der Waals surface area contributed by atoms with Gasteiger partial charge in [0.2, 0.25) is 5.78 Å². The SMILES string of the molecule is Cc1cnc2nc(NC(C)c3cc(N)cc(C(F)(F)F)c3)c3c(n12)CN(C(=O)OC(C)(C)C)C3. The van der Waals surface area contributed by atoms with Crippen LogP contribution in [-0.4, -0.2) is 31.0 Å². The molecule has 11 heteroatoms. The third-order valence-corrected chi connectivity index (χ3v) is 5.53. The molecule has 4 rings (SSSR count). The number of ether oxygens (including phenoxy) is 1. The minimum absolute atomic E-state index is 0.0205. The van der Waals surface area contributed by atoms with Gasteiger partial charge in [-0.2, -0.15) is 18.2 Å². The molecule has 8 nitrogen and oxygen atoms in total. The summed E-state index contributed by atoms with van der Waals surface area (Å²) < 4.78 is 47.2. The van der Waals surface area contributed by atoms with Crippen LogP contribution in [0.5, 0.6) is 0 Å². The van der Waals surface area contributed by atoms with E-state index in [0.29, 0.717) is 23.7 Å². The Morgan fingerprint density at radius 3 is 2.56 bits per heavy atom. The minimum atomic E-state index is -4.51. The number of benzene rings is 1. The molecular weight excluding hydrogens is 449 g/mol. The monoisotopic (exact) mass is 476 g/mol. The number of imidazole rings is 1. The van der Waals surface area contributed by atoms with Crippen molar-refractivity contribution in [3.05, 3.63) is 52.5 Å². The molecule has 3 aromatic rings. The van der Waals surface area contributed by atoms with Gasteiger partial charge in [-0.15, -0.1) is 0 Å². The normalized spacial score (nSPS) is 14.9. The molecule has 1 aliphatic rings. The highest BCUT2D eigenvalue weighted by atomic mass is 19.4. The Morgan fingerprint density at radius 2 is 1.91 bits per heavy atom. The molecule has 1 atom stereocenters. The molecule has 1 aliphatic heterocycles. The van der Waals surface area contributed by atoms with Gasteiger partial charge in [0.25, 0.3) is 0 Å². The topological polar surface area (TPSA) is 97.8 Å². The van der Waals surface area contributed by atoms with Crippen molar-refractivity contribution in [3.63, 3.8) is 0 Å². The first-order chi connectivity index (χ1) is 15.7. The predicted molar refractivity (Wildman–Crippen MR) is 121 cm³/mol. The summed E-state index contributed by atoms with van der Waals surface area (Å²) in [6.45, 7) is 9.53. The Balaban J connectivity index is 1.70. The van der Waals surface area contributed by atoms with E-state index in [1.54, 1.807) is 38.8 Å². The molecular formula is C23H27F3N6O2. The first kappa shape index (κ1) is 23.7. The summed E-state index contributed by atoms with van der Waals surface area (Å²) >= 11 is 0. The van der Waals surface area contributed by atoms with Crippen molar-refractivity contribution in [3.8, 4) is 0 Å². The number of rotatable bonds is 3. The third-order valence-electron chi connectivity index (χ3n) is 5.53. The van der Waals surface area contributed by atoms with Gasteiger partial charge in [0.05, 0.1) is 36.6 Å². The number of aryl methyl sites for hydroxylation is 1. The lowest BCUT2D eigenvalue weighted by molar-refractivity contribution is -0.137. The van der Waals surface area contributed by atoms with E-state index in [1.165, 1.54) is 6.07 Å². The molecule has 34 heavy (non-hydrogen) atoms. The Bertz CT molecular complexity index is 1260. The molecule has 182 valence electrons. The van der Waals surface area contributed by atoms with E-state index in [4.69, 9.17) is 10.5 Å². The smallest absolute Gasteiger partial charge is 0.416 e. The van der Waals surface area contributed by atoms with E-state index in [9.17, 15) is 18.0 Å². The molecule has 1 aromatic carbocycles. The molecule has 1 unspecified atom stereocenters. The number of aromatic nitrogens is 3. The fraction of sp³-hybridized carbons (Fsp3) is 0.435. The number of anilines is 2. The molecule has 0 saturated carbocycles. The maximum absolute atomic E-state index is 13.3. The molecule has 0 aliphatic carbocycles. The van der Waals surface area contributed by atoms with Crippen molar-refractivity contribution < 1.29 is 22.7 Å². The number of nitrogens with one attached hydrogen (secondary N) is 1. The second-order valence-corrected chi connectivity index (χ2v) is 9.51. The first-order valence-corrected chi connectivity index (χ1v) is 10.8. The number of nitrogens with zero attached hydrogens (tertiary/aromatic N) is 4. The second kappa shape index (κ2) is 8.07. The highest BCUT2D eigenvalue weighted by Crippen LogP contribution is 2.35. The molecule has 0 radical (unpaired) electrons. The number of nitrogen functional groups attached to an aromatic ring is 1. The van der Waals surface area contributed by atoms with E-state index in [2.05, 4.69) is 15.3 Å². The zero-order chi connectivity index (χ0) is 25.0. The lowest BCUT2D eigenvalue weighted by Gasteiger charge is -2.24. The Hall–Kier alpha value is -3.50. The van der Waals surface area contributed by atoms with Gasteiger partial charge in [-0.25, -0.2) is 9.78 Å². The number of alkyl halides is 3. The zero-order valence-electron chi connectivity index (χ0n) is 19.6. The molecule has 0 spiro atoms. The lowest BCUT2D eigenvalue weighted by Crippen LogP contribution is -2.33. The fourth-order valence-corrected chi connectivity index (χ4v) is 3.99. The maximum atomic E-state index is 13.3. The van der Waals surface area contributed by atoms with Crippen molar-refractivity contribution in [2.45, 2.75) is 65.5 Å². The Labute approximate surface area is 194 Å². The quantitative estimate of drug-likeness (QED) is 0.513. The van der Waals surface area contributed by atoms with Crippen LogP contribution >= 0.6 is 0 Å². The van der Waals surface area contributed by atoms with Gasteiger partial charge in [0.1, 0.15) is 11.4 Å². The van der Waals surface area contributed by atoms with Gasteiger partial charge in [-0.3, -0.25) is 9.30 Å². The van der Waals surface area contributed by atoms with Gasteiger partial charge in [0, 0.05) is 16.9 Å². The average molecular weight is 477 g/mol. The summed E-state index contributed by atoms with van der Waals surface area (Å²) in [5.74, 6) is 0.878. The van der Waals surface area contributed by atoms with Crippen LogP contribution in [0.2, 0.25) is 0 Å². The van der Waals surface area contributed by atoms with Gasteiger partial charge >= 0.3 is 12.3 Å². The van der Waals surface area contributed by atoms with Crippen molar-refractivity contribution in [1.29, 1.82) is 0 Å². The number of hydrogen-bond donors (Lipinski definition) is 2. The van der Waals surface area contributed by atoms with Gasteiger partial charge in [-0.1, -0.05) is 0 Å². The number of carbonyl (C=O) groups is 1. The van der Waals surface area contributed by atoms with Crippen LogP contribution in [0.4, 0.5) is 29.5 Å². The van der Waals surface area contributed by atoms with Crippen molar-refractivity contribution in [2.75, 3.05) is 11.1 Å². The molecule has 1 amide bonds. The Morgan fingerprint density at radius 1 is 1.21 bits per heavy atom. The molecule has 3 N–H and O–H groups in total. The maximum Gasteiger partial charge on any atom is 0.416 e. The van der Waals surface area contributed by atoms with E-state index in [0.717, 1.165) is 29.1 Å². The number of halogens is 3. The molecule has 2 aromatic heterocycles. The fourth-order valence-electron chi connectivity index (χ4n) is 3.99. The van der Waals surface area contributed by atoms with Gasteiger partial charge in [-0.05, 0) is 58.4 Å². The van der Waals surface area contributed by atoms with Crippen molar-refractivity contribution in [2.24, 2.45) is 0 Å². The summed E-state index contributed by atoms with van der Waals surface area (Å²) in [7, 11) is 0. The summed E-state index contributed by atoms with van der Waals surface area (Å²) in [4.78, 5) is 23.2. The Kier molecular flexibility index (Phi) is 5.61. The van der Waals surface area contributed by atoms with E-state index >= 15 is 0 Å². The standard InChI is InChI=1S/C23H27F3N6O2/c1-12-9-28-20-30-19(29-13(2)14-6-15(23(24,25)26)8-16(27)7-14)17-10-31(11-18(17)32(12)20)21(33)34-22(3,4)5/h6-9,13H,10-11,27H2,1-5H3,(H,28,29,30). The number of amides is 1. The number of nitrogens with two attached hydrogens (primary N) is 1. The lowest BCUT2D eigenvalue weighted by atomic mass is 10.0. The highest BCUT2D eigenvalue weighted by molar-refractivity contribution is 5.70. The van der Waals surface area contributed by atoms with Crippen LogP contribution in [0, 0.1) is 6.92 Å². The van der Waals surface area contributed by atoms with Crippen LogP contribution in [0.1, 0.15) is 61.8 Å². The van der Waals surface area contributed by atoms with E-state index in [-0.39, 0.29) is 12.2 Å². The summed E-state index contributed by atoms with van der Waals surface area (Å²) in [5.41, 5.74) is 7.10. The highest BCUT2D eigenvalue weighted by Gasteiger charge is 2.34. The summed E-state index contributed by atoms with van der Waals surface area (Å²) in [6.07, 6.45) is -3.29. The summed E-state index contributed by atoms with van der Waals surface area (Å²) in [6, 6.07) is 2.93. The molecule has 0 saturated heterocycles. The zero-order valence-corrected chi connectivity index (χ0v) is 19.6. The van der Waals surface area contributed by atoms with E-state index in [1.807, 2.05) is 11.3 Å². The van der Waals surface area contributed by atoms with Crippen LogP contribution in [-0.2, 0) is 24.0 Å².